The molecule has 0 saturated heterocycles. The first-order chi connectivity index (χ1) is 7.68. The summed E-state index contributed by atoms with van der Waals surface area (Å²) < 4.78 is 6.08. The number of nitrogens with one attached hydrogen (secondary N) is 1. The number of nitrogens with two attached hydrogens (primary N) is 1. The zero-order valence-corrected chi connectivity index (χ0v) is 8.47. The van der Waals surface area contributed by atoms with Crippen molar-refractivity contribution >= 4 is 17.1 Å². The smallest absolute Gasteiger partial charge is 0.404 e. The van der Waals surface area contributed by atoms with Crippen LogP contribution in [0.4, 0.5) is 4.79 Å². The van der Waals surface area contributed by atoms with Crippen LogP contribution in [-0.2, 0) is 11.3 Å². The number of carbonyl (C=O) groups is 1. The lowest BCUT2D eigenvalue weighted by molar-refractivity contribution is 0.152. The quantitative estimate of drug-likeness (QED) is 0.787. The van der Waals surface area contributed by atoms with Crippen LogP contribution in [0, 0.1) is 0 Å². The molecule has 0 bridgehead atoms. The number of ether oxygens (including phenoxy) is 1. The summed E-state index contributed by atoms with van der Waals surface area (Å²) in [7, 11) is 0. The number of fused-ring (bicyclic) bond motifs is 1. The number of nitrogens with zero attached hydrogens (tertiary/aromatic N) is 1. The lowest BCUT2D eigenvalue weighted by Gasteiger charge is -2.02. The largest absolute Gasteiger partial charge is 0.448 e. The fourth-order valence-electron chi connectivity index (χ4n) is 1.57. The number of benzene rings is 1. The maximum absolute atomic E-state index is 11.6. The lowest BCUT2D eigenvalue weighted by atomic mass is 10.3. The summed E-state index contributed by atoms with van der Waals surface area (Å²) in [4.78, 5) is 24.6. The molecule has 3 N–H and O–H groups in total. The van der Waals surface area contributed by atoms with Crippen LogP contribution in [0.25, 0.3) is 11.0 Å². The van der Waals surface area contributed by atoms with Crippen LogP contribution in [-0.4, -0.2) is 22.3 Å². The topological polar surface area (TPSA) is 90.1 Å². The van der Waals surface area contributed by atoms with Crippen molar-refractivity contribution in [2.24, 2.45) is 5.73 Å². The van der Waals surface area contributed by atoms with E-state index in [1.54, 1.807) is 0 Å². The van der Waals surface area contributed by atoms with Gasteiger partial charge >= 0.3 is 11.8 Å². The number of carbonyl (C=O) groups excluding carboxylic acids is 1. The molecule has 0 unspecified atom stereocenters. The first kappa shape index (κ1) is 10.3. The van der Waals surface area contributed by atoms with Gasteiger partial charge in [-0.05, 0) is 12.1 Å². The zero-order valence-electron chi connectivity index (χ0n) is 8.47. The van der Waals surface area contributed by atoms with Crippen molar-refractivity contribution in [3.05, 3.63) is 34.7 Å². The van der Waals surface area contributed by atoms with E-state index < -0.39 is 6.09 Å². The molecule has 0 atom stereocenters. The summed E-state index contributed by atoms with van der Waals surface area (Å²) in [6, 6.07) is 7.29. The number of aromatic nitrogens is 2. The first-order valence-corrected chi connectivity index (χ1v) is 4.78. The van der Waals surface area contributed by atoms with Gasteiger partial charge in [0.2, 0.25) is 0 Å². The predicted molar refractivity (Wildman–Crippen MR) is 58.1 cm³/mol. The van der Waals surface area contributed by atoms with Crippen molar-refractivity contribution in [2.45, 2.75) is 6.54 Å². The van der Waals surface area contributed by atoms with Gasteiger partial charge in [-0.15, -0.1) is 0 Å². The van der Waals surface area contributed by atoms with Crippen molar-refractivity contribution in [3.63, 3.8) is 0 Å². The van der Waals surface area contributed by atoms with Crippen LogP contribution in [0.15, 0.2) is 29.1 Å². The molecule has 1 heterocycles. The number of hydrogen-bond acceptors (Lipinski definition) is 3. The molecular formula is C10H11N3O3. The third-order valence-corrected chi connectivity index (χ3v) is 2.24. The second-order valence-corrected chi connectivity index (χ2v) is 3.27. The third kappa shape index (κ3) is 1.90. The zero-order chi connectivity index (χ0) is 11.5. The van der Waals surface area contributed by atoms with Gasteiger partial charge < -0.3 is 15.5 Å². The van der Waals surface area contributed by atoms with Gasteiger partial charge in [0.1, 0.15) is 6.61 Å². The highest BCUT2D eigenvalue weighted by molar-refractivity contribution is 5.74. The Morgan fingerprint density at radius 2 is 2.19 bits per heavy atom. The number of para-hydroxylation sites is 2. The highest BCUT2D eigenvalue weighted by atomic mass is 16.5. The molecule has 0 radical (unpaired) electrons. The lowest BCUT2D eigenvalue weighted by Crippen LogP contribution is -2.22. The SMILES string of the molecule is NC(=O)OCCn1c(=O)[nH]c2ccccc21. The molecule has 0 fully saturated rings. The van der Waals surface area contributed by atoms with Gasteiger partial charge in [-0.3, -0.25) is 4.57 Å². The van der Waals surface area contributed by atoms with Crippen molar-refractivity contribution in [1.29, 1.82) is 0 Å². The molecule has 1 amide bonds. The molecule has 16 heavy (non-hydrogen) atoms. The average molecular weight is 221 g/mol. The highest BCUT2D eigenvalue weighted by Gasteiger charge is 2.05. The molecule has 0 aliphatic carbocycles. The van der Waals surface area contributed by atoms with Crippen molar-refractivity contribution in [2.75, 3.05) is 6.61 Å². The minimum Gasteiger partial charge on any atom is -0.448 e. The van der Waals surface area contributed by atoms with Crippen LogP contribution in [0.3, 0.4) is 0 Å². The second kappa shape index (κ2) is 4.09. The molecule has 2 rings (SSSR count). The Morgan fingerprint density at radius 1 is 1.44 bits per heavy atom. The molecule has 0 aliphatic heterocycles. The maximum atomic E-state index is 11.6. The number of aromatic amines is 1. The normalized spacial score (nSPS) is 10.5. The number of amides is 1. The van der Waals surface area contributed by atoms with Gasteiger partial charge in [-0.1, -0.05) is 12.1 Å². The van der Waals surface area contributed by atoms with Crippen LogP contribution in [0.1, 0.15) is 0 Å². The van der Waals surface area contributed by atoms with E-state index in [2.05, 4.69) is 9.72 Å². The molecule has 0 saturated carbocycles. The van der Waals surface area contributed by atoms with Crippen molar-refractivity contribution in [3.8, 4) is 0 Å². The number of H-pyrrole nitrogens is 1. The summed E-state index contributed by atoms with van der Waals surface area (Å²) >= 11 is 0. The fraction of sp³-hybridized carbons (Fsp3) is 0.200. The van der Waals surface area contributed by atoms with E-state index in [1.807, 2.05) is 24.3 Å². The molecule has 84 valence electrons. The monoisotopic (exact) mass is 221 g/mol. The average Bonchev–Trinajstić information content (AvgIpc) is 2.55. The Balaban J connectivity index is 2.26. The molecule has 2 aromatic rings. The number of imidazole rings is 1. The Labute approximate surface area is 90.6 Å². The van der Waals surface area contributed by atoms with Gasteiger partial charge in [0.05, 0.1) is 17.6 Å². The number of primary amides is 1. The van der Waals surface area contributed by atoms with Gasteiger partial charge in [-0.25, -0.2) is 9.59 Å². The van der Waals surface area contributed by atoms with Crippen LogP contribution in [0.2, 0.25) is 0 Å². The van der Waals surface area contributed by atoms with Gasteiger partial charge in [0.15, 0.2) is 0 Å². The minimum absolute atomic E-state index is 0.0804. The molecule has 1 aromatic carbocycles. The summed E-state index contributed by atoms with van der Waals surface area (Å²) in [6.07, 6.45) is -0.840. The Bertz CT molecular complexity index is 570. The molecule has 0 aliphatic rings. The summed E-state index contributed by atoms with van der Waals surface area (Å²) in [6.45, 7) is 0.364. The number of rotatable bonds is 3. The molecule has 0 spiro atoms. The van der Waals surface area contributed by atoms with Gasteiger partial charge in [0.25, 0.3) is 0 Å². The molecule has 6 nitrogen and oxygen atoms in total. The maximum Gasteiger partial charge on any atom is 0.404 e. The van der Waals surface area contributed by atoms with E-state index in [1.165, 1.54) is 4.57 Å². The molecule has 1 aromatic heterocycles. The van der Waals surface area contributed by atoms with Crippen LogP contribution >= 0.6 is 0 Å². The summed E-state index contributed by atoms with van der Waals surface area (Å²) in [5.74, 6) is 0. The van der Waals surface area contributed by atoms with Crippen LogP contribution < -0.4 is 11.4 Å². The van der Waals surface area contributed by atoms with Crippen molar-refractivity contribution in [1.82, 2.24) is 9.55 Å². The molecular weight excluding hydrogens is 210 g/mol. The second-order valence-electron chi connectivity index (χ2n) is 3.27. The predicted octanol–water partition coefficient (Wildman–Crippen LogP) is 0.425. The number of hydrogen-bond donors (Lipinski definition) is 2. The third-order valence-electron chi connectivity index (χ3n) is 2.24. The minimum atomic E-state index is -0.840. The Hall–Kier alpha value is -2.24. The van der Waals surface area contributed by atoms with Crippen molar-refractivity contribution < 1.29 is 9.53 Å². The van der Waals surface area contributed by atoms with E-state index in [9.17, 15) is 9.59 Å². The van der Waals surface area contributed by atoms with E-state index in [-0.39, 0.29) is 18.8 Å². The van der Waals surface area contributed by atoms with E-state index in [4.69, 9.17) is 5.73 Å². The fourth-order valence-corrected chi connectivity index (χ4v) is 1.57. The van der Waals surface area contributed by atoms with E-state index >= 15 is 0 Å². The molecule has 6 heteroatoms. The van der Waals surface area contributed by atoms with Crippen LogP contribution in [0.5, 0.6) is 0 Å². The standard InChI is InChI=1S/C10H11N3O3/c11-9(14)16-6-5-13-8-4-2-1-3-7(8)12-10(13)15/h1-4H,5-6H2,(H2,11,14)(H,12,15). The van der Waals surface area contributed by atoms with Gasteiger partial charge in [0, 0.05) is 0 Å². The highest BCUT2D eigenvalue weighted by Crippen LogP contribution is 2.08. The Morgan fingerprint density at radius 3 is 2.94 bits per heavy atom. The van der Waals surface area contributed by atoms with Gasteiger partial charge in [-0.2, -0.15) is 0 Å². The summed E-state index contributed by atoms with van der Waals surface area (Å²) in [5.41, 5.74) is 6.13. The van der Waals surface area contributed by atoms with E-state index in [0.717, 1.165) is 11.0 Å². The summed E-state index contributed by atoms with van der Waals surface area (Å²) in [5, 5.41) is 0. The van der Waals surface area contributed by atoms with E-state index in [0.29, 0.717) is 0 Å². The Kier molecular flexibility index (Phi) is 2.63. The first-order valence-electron chi connectivity index (χ1n) is 4.78.